The third kappa shape index (κ3) is 7.41. The highest BCUT2D eigenvalue weighted by Crippen LogP contribution is 2.38. The van der Waals surface area contributed by atoms with Gasteiger partial charge in [-0.25, -0.2) is 0 Å². The molecule has 33 heavy (non-hydrogen) atoms. The molecular formula is C15H8F12N4O2. The predicted molar refractivity (Wildman–Crippen MR) is 82.6 cm³/mol. The third-order valence-corrected chi connectivity index (χ3v) is 3.26. The first-order valence-corrected chi connectivity index (χ1v) is 8.05. The maximum Gasteiger partial charge on any atom is 0.434 e. The molecule has 0 saturated carbocycles. The van der Waals surface area contributed by atoms with Crippen LogP contribution in [0.2, 0.25) is 0 Å². The molecule has 0 atom stereocenters. The highest BCUT2D eigenvalue weighted by Gasteiger charge is 2.61. The van der Waals surface area contributed by atoms with E-state index in [1.165, 1.54) is 30.3 Å². The van der Waals surface area contributed by atoms with E-state index in [9.17, 15) is 52.7 Å². The molecule has 184 valence electrons. The minimum atomic E-state index is -6.10. The Labute approximate surface area is 174 Å². The van der Waals surface area contributed by atoms with E-state index in [2.05, 4.69) is 29.7 Å². The lowest BCUT2D eigenvalue weighted by molar-refractivity contribution is -0.302. The molecule has 2 aromatic rings. The lowest BCUT2D eigenvalue weighted by Crippen LogP contribution is -2.47. The van der Waals surface area contributed by atoms with Gasteiger partial charge in [0.25, 0.3) is 12.2 Å². The molecule has 0 fully saturated rings. The molecular weight excluding hydrogens is 496 g/mol. The summed E-state index contributed by atoms with van der Waals surface area (Å²) in [5, 5.41) is 2.14. The van der Waals surface area contributed by atoms with E-state index < -0.39 is 54.9 Å². The number of alkyl halides is 12. The Morgan fingerprint density at radius 1 is 0.576 bits per heavy atom. The molecule has 0 unspecified atom stereocenters. The maximum absolute atomic E-state index is 12.7. The first-order chi connectivity index (χ1) is 14.9. The van der Waals surface area contributed by atoms with E-state index in [0.717, 1.165) is 0 Å². The standard InChI is InChI=1S/C15H8F12N4O2/c16-12(17,18)7(13(19,20)21)32-10-29-9(28-6-4-2-1-3-5-6)30-11(31-10)33-8(14(22,23)24)15(25,26)27/h1-5,7-8H,(H,28,29,30,31). The lowest BCUT2D eigenvalue weighted by atomic mass is 10.3. The number of nitrogens with zero attached hydrogens (tertiary/aromatic N) is 3. The Hall–Kier alpha value is -3.21. The molecule has 18 heteroatoms. The van der Waals surface area contributed by atoms with Crippen LogP contribution in [0.5, 0.6) is 12.0 Å². The topological polar surface area (TPSA) is 69.2 Å². The average Bonchev–Trinajstić information content (AvgIpc) is 2.61. The summed E-state index contributed by atoms with van der Waals surface area (Å²) in [6, 6.07) is 2.86. The van der Waals surface area contributed by atoms with Gasteiger partial charge >= 0.3 is 36.7 Å². The van der Waals surface area contributed by atoms with E-state index in [1.807, 2.05) is 0 Å². The van der Waals surface area contributed by atoms with Crippen molar-refractivity contribution in [2.75, 3.05) is 5.32 Å². The number of hydrogen-bond donors (Lipinski definition) is 1. The fourth-order valence-corrected chi connectivity index (χ4v) is 2.00. The number of ether oxygens (including phenoxy) is 2. The average molecular weight is 504 g/mol. The molecule has 0 saturated heterocycles. The second-order valence-corrected chi connectivity index (χ2v) is 5.88. The van der Waals surface area contributed by atoms with Gasteiger partial charge in [-0.3, -0.25) is 0 Å². The van der Waals surface area contributed by atoms with Gasteiger partial charge in [-0.1, -0.05) is 18.2 Å². The zero-order chi connectivity index (χ0) is 25.2. The van der Waals surface area contributed by atoms with Crippen molar-refractivity contribution in [2.24, 2.45) is 0 Å². The number of anilines is 2. The molecule has 2 rings (SSSR count). The van der Waals surface area contributed by atoms with E-state index in [-0.39, 0.29) is 5.69 Å². The van der Waals surface area contributed by atoms with Crippen molar-refractivity contribution in [2.45, 2.75) is 36.9 Å². The third-order valence-electron chi connectivity index (χ3n) is 3.26. The summed E-state index contributed by atoms with van der Waals surface area (Å²) in [5.41, 5.74) is -0.00742. The van der Waals surface area contributed by atoms with Crippen LogP contribution in [0.25, 0.3) is 0 Å². The molecule has 1 N–H and O–H groups in total. The van der Waals surface area contributed by atoms with Crippen molar-refractivity contribution in [3.8, 4) is 12.0 Å². The predicted octanol–water partition coefficient (Wildman–Crippen LogP) is 5.36. The summed E-state index contributed by atoms with van der Waals surface area (Å²) < 4.78 is 160. The molecule has 0 bridgehead atoms. The summed E-state index contributed by atoms with van der Waals surface area (Å²) in [6.45, 7) is 0. The van der Waals surface area contributed by atoms with Crippen molar-refractivity contribution >= 4 is 11.6 Å². The zero-order valence-corrected chi connectivity index (χ0v) is 15.2. The molecule has 0 spiro atoms. The molecule has 1 heterocycles. The van der Waals surface area contributed by atoms with Crippen LogP contribution in [0.4, 0.5) is 64.3 Å². The Balaban J connectivity index is 2.52. The van der Waals surface area contributed by atoms with Gasteiger partial charge in [-0.2, -0.15) is 62.7 Å². The second kappa shape index (κ2) is 8.97. The summed E-state index contributed by atoms with van der Waals surface area (Å²) in [4.78, 5) is 8.66. The zero-order valence-electron chi connectivity index (χ0n) is 15.2. The van der Waals surface area contributed by atoms with Crippen LogP contribution in [0.1, 0.15) is 0 Å². The van der Waals surface area contributed by atoms with Crippen molar-refractivity contribution < 1.29 is 62.2 Å². The normalized spacial score (nSPS) is 13.4. The number of para-hydroxylation sites is 1. The van der Waals surface area contributed by atoms with Gasteiger partial charge in [0.05, 0.1) is 0 Å². The minimum absolute atomic E-state index is 0.00742. The number of nitrogens with one attached hydrogen (secondary N) is 1. The minimum Gasteiger partial charge on any atom is -0.440 e. The largest absolute Gasteiger partial charge is 0.440 e. The van der Waals surface area contributed by atoms with Gasteiger partial charge in [-0.05, 0) is 12.1 Å². The number of aromatic nitrogens is 3. The summed E-state index contributed by atoms with van der Waals surface area (Å²) >= 11 is 0. The first kappa shape index (κ1) is 26.0. The highest BCUT2D eigenvalue weighted by atomic mass is 19.4. The smallest absolute Gasteiger partial charge is 0.434 e. The number of hydrogen-bond acceptors (Lipinski definition) is 6. The van der Waals surface area contributed by atoms with E-state index in [4.69, 9.17) is 0 Å². The van der Waals surface area contributed by atoms with Crippen LogP contribution in [0.15, 0.2) is 30.3 Å². The number of benzene rings is 1. The first-order valence-electron chi connectivity index (χ1n) is 8.05. The van der Waals surface area contributed by atoms with Crippen LogP contribution in [0.3, 0.4) is 0 Å². The number of rotatable bonds is 6. The van der Waals surface area contributed by atoms with Gasteiger partial charge in [0.1, 0.15) is 0 Å². The molecule has 1 aromatic carbocycles. The van der Waals surface area contributed by atoms with Crippen molar-refractivity contribution in [3.05, 3.63) is 30.3 Å². The SMILES string of the molecule is FC(F)(F)C(Oc1nc(Nc2ccccc2)nc(OC(C(F)(F)F)C(F)(F)F)n1)C(F)(F)F. The Morgan fingerprint density at radius 3 is 1.27 bits per heavy atom. The Morgan fingerprint density at radius 2 is 0.939 bits per heavy atom. The monoisotopic (exact) mass is 504 g/mol. The molecule has 0 amide bonds. The maximum atomic E-state index is 12.7. The van der Waals surface area contributed by atoms with Gasteiger partial charge in [0.15, 0.2) is 0 Å². The molecule has 0 radical (unpaired) electrons. The van der Waals surface area contributed by atoms with Crippen LogP contribution >= 0.6 is 0 Å². The molecule has 0 aliphatic rings. The molecule has 1 aromatic heterocycles. The Bertz CT molecular complexity index is 847. The summed E-state index contributed by atoms with van der Waals surface area (Å²) in [6.07, 6.45) is -33.5. The van der Waals surface area contributed by atoms with Crippen molar-refractivity contribution in [1.29, 1.82) is 0 Å². The van der Waals surface area contributed by atoms with Crippen LogP contribution in [0, 0.1) is 0 Å². The molecule has 0 aliphatic carbocycles. The highest BCUT2D eigenvalue weighted by molar-refractivity contribution is 5.52. The fourth-order valence-electron chi connectivity index (χ4n) is 2.00. The summed E-state index contributed by atoms with van der Waals surface area (Å²) in [5.74, 6) is -1.08. The van der Waals surface area contributed by atoms with Crippen molar-refractivity contribution in [3.63, 3.8) is 0 Å². The van der Waals surface area contributed by atoms with Crippen LogP contribution in [-0.4, -0.2) is 51.9 Å². The second-order valence-electron chi connectivity index (χ2n) is 5.88. The van der Waals surface area contributed by atoms with Crippen LogP contribution in [-0.2, 0) is 0 Å². The van der Waals surface area contributed by atoms with E-state index in [1.54, 1.807) is 0 Å². The summed E-state index contributed by atoms with van der Waals surface area (Å²) in [7, 11) is 0. The van der Waals surface area contributed by atoms with E-state index >= 15 is 0 Å². The number of halogens is 12. The van der Waals surface area contributed by atoms with Gasteiger partial charge < -0.3 is 14.8 Å². The van der Waals surface area contributed by atoms with Gasteiger partial charge in [0, 0.05) is 5.69 Å². The quantitative estimate of drug-likeness (QED) is 0.535. The molecule has 0 aliphatic heterocycles. The fraction of sp³-hybridized carbons (Fsp3) is 0.400. The van der Waals surface area contributed by atoms with Crippen LogP contribution < -0.4 is 14.8 Å². The van der Waals surface area contributed by atoms with Gasteiger partial charge in [-0.15, -0.1) is 4.98 Å². The molecule has 6 nitrogen and oxygen atoms in total. The van der Waals surface area contributed by atoms with Gasteiger partial charge in [0.2, 0.25) is 5.95 Å². The lowest BCUT2D eigenvalue weighted by Gasteiger charge is -2.24. The van der Waals surface area contributed by atoms with E-state index in [0.29, 0.717) is 0 Å². The Kier molecular flexibility index (Phi) is 7.08. The van der Waals surface area contributed by atoms with Crippen molar-refractivity contribution in [1.82, 2.24) is 15.0 Å².